The molecule has 2 rings (SSSR count). The third-order valence-electron chi connectivity index (χ3n) is 3.04. The average molecular weight is 283 g/mol. The first-order valence-electron chi connectivity index (χ1n) is 5.98. The first kappa shape index (κ1) is 13.8. The lowest BCUT2D eigenvalue weighted by molar-refractivity contribution is -0.142. The number of benzene rings is 1. The number of methoxy groups -OCH3 is 1. The highest BCUT2D eigenvalue weighted by atomic mass is 35.5. The highest BCUT2D eigenvalue weighted by molar-refractivity contribution is 6.30. The minimum atomic E-state index is -0.352. The maximum absolute atomic E-state index is 12.0. The van der Waals surface area contributed by atoms with Crippen molar-refractivity contribution in [3.05, 3.63) is 34.9 Å². The number of ether oxygens (including phenoxy) is 1. The van der Waals surface area contributed by atoms with Crippen molar-refractivity contribution in [2.24, 2.45) is 0 Å². The largest absolute Gasteiger partial charge is 0.468 e. The van der Waals surface area contributed by atoms with Crippen molar-refractivity contribution < 1.29 is 14.3 Å². The van der Waals surface area contributed by atoms with Gasteiger partial charge in [0.05, 0.1) is 7.11 Å². The van der Waals surface area contributed by atoms with Crippen LogP contribution in [0.2, 0.25) is 5.02 Å². The lowest BCUT2D eigenvalue weighted by atomic mass is 10.1. The fourth-order valence-electron chi connectivity index (χ4n) is 2.07. The Labute approximate surface area is 116 Å². The molecule has 2 atom stereocenters. The molecule has 19 heavy (non-hydrogen) atoms. The van der Waals surface area contributed by atoms with Crippen LogP contribution in [0.1, 0.15) is 16.8 Å². The topological polar surface area (TPSA) is 67.4 Å². The Balaban J connectivity index is 1.92. The highest BCUT2D eigenvalue weighted by Gasteiger charge is 2.30. The zero-order valence-corrected chi connectivity index (χ0v) is 11.2. The summed E-state index contributed by atoms with van der Waals surface area (Å²) in [5, 5.41) is 6.39. The Morgan fingerprint density at radius 1 is 1.47 bits per heavy atom. The number of esters is 1. The molecule has 0 bridgehead atoms. The van der Waals surface area contributed by atoms with Crippen LogP contribution in [-0.2, 0) is 9.53 Å². The Bertz CT molecular complexity index is 493. The second kappa shape index (κ2) is 6.04. The van der Waals surface area contributed by atoms with Crippen molar-refractivity contribution in [1.82, 2.24) is 10.6 Å². The molecule has 1 aliphatic rings. The average Bonchev–Trinajstić information content (AvgIpc) is 2.86. The molecule has 6 heteroatoms. The molecule has 0 unspecified atom stereocenters. The molecule has 2 N–H and O–H groups in total. The maximum atomic E-state index is 12.0. The molecule has 1 aromatic carbocycles. The van der Waals surface area contributed by atoms with Crippen LogP contribution in [0.3, 0.4) is 0 Å². The van der Waals surface area contributed by atoms with Gasteiger partial charge in [-0.2, -0.15) is 0 Å². The maximum Gasteiger partial charge on any atom is 0.322 e. The number of hydrogen-bond acceptors (Lipinski definition) is 4. The van der Waals surface area contributed by atoms with Crippen molar-refractivity contribution in [2.45, 2.75) is 18.5 Å². The van der Waals surface area contributed by atoms with Crippen LogP contribution in [0.4, 0.5) is 0 Å². The van der Waals surface area contributed by atoms with E-state index in [0.29, 0.717) is 23.6 Å². The predicted octanol–water partition coefficient (Wildman–Crippen LogP) is 0.973. The number of nitrogens with one attached hydrogen (secondary N) is 2. The number of hydrogen-bond donors (Lipinski definition) is 2. The van der Waals surface area contributed by atoms with E-state index in [1.54, 1.807) is 24.3 Å². The molecule has 0 radical (unpaired) electrons. The summed E-state index contributed by atoms with van der Waals surface area (Å²) >= 11 is 5.84. The van der Waals surface area contributed by atoms with Crippen molar-refractivity contribution in [1.29, 1.82) is 0 Å². The predicted molar refractivity (Wildman–Crippen MR) is 71.1 cm³/mol. The Hall–Kier alpha value is -1.59. The molecule has 5 nitrogen and oxygen atoms in total. The standard InChI is InChI=1S/C13H15ClN2O3/c1-19-13(18)11-6-10(7-15-11)16-12(17)8-3-2-4-9(14)5-8/h2-5,10-11,15H,6-7H2,1H3,(H,16,17)/t10-,11+/m1/s1. The smallest absolute Gasteiger partial charge is 0.322 e. The third-order valence-corrected chi connectivity index (χ3v) is 3.27. The van der Waals surface area contributed by atoms with Crippen LogP contribution < -0.4 is 10.6 Å². The van der Waals surface area contributed by atoms with Crippen LogP contribution in [0.25, 0.3) is 0 Å². The van der Waals surface area contributed by atoms with Gasteiger partial charge in [0.2, 0.25) is 0 Å². The zero-order valence-electron chi connectivity index (χ0n) is 10.5. The number of halogens is 1. The molecule has 1 saturated heterocycles. The first-order valence-corrected chi connectivity index (χ1v) is 6.35. The van der Waals surface area contributed by atoms with E-state index in [0.717, 1.165) is 0 Å². The Morgan fingerprint density at radius 2 is 2.26 bits per heavy atom. The van der Waals surface area contributed by atoms with Crippen LogP contribution in [-0.4, -0.2) is 37.6 Å². The van der Waals surface area contributed by atoms with E-state index in [1.165, 1.54) is 7.11 Å². The van der Waals surface area contributed by atoms with Gasteiger partial charge in [0.25, 0.3) is 5.91 Å². The van der Waals surface area contributed by atoms with Gasteiger partial charge in [-0.3, -0.25) is 9.59 Å². The highest BCUT2D eigenvalue weighted by Crippen LogP contribution is 2.12. The minimum absolute atomic E-state index is 0.0874. The first-order chi connectivity index (χ1) is 9.10. The summed E-state index contributed by atoms with van der Waals surface area (Å²) in [4.78, 5) is 23.3. The molecule has 0 spiro atoms. The SMILES string of the molecule is COC(=O)[C@@H]1C[C@@H](NC(=O)c2cccc(Cl)c2)CN1. The van der Waals surface area contributed by atoms with Crippen LogP contribution >= 0.6 is 11.6 Å². The summed E-state index contributed by atoms with van der Waals surface area (Å²) in [6.45, 7) is 0.548. The van der Waals surface area contributed by atoms with Gasteiger partial charge in [-0.25, -0.2) is 0 Å². The quantitative estimate of drug-likeness (QED) is 0.811. The molecular weight excluding hydrogens is 268 g/mol. The van der Waals surface area contributed by atoms with Gasteiger partial charge < -0.3 is 15.4 Å². The van der Waals surface area contributed by atoms with Crippen molar-refractivity contribution in [3.63, 3.8) is 0 Å². The van der Waals surface area contributed by atoms with E-state index in [1.807, 2.05) is 0 Å². The normalized spacial score (nSPS) is 22.0. The van der Waals surface area contributed by atoms with Gasteiger partial charge in [0, 0.05) is 23.2 Å². The van der Waals surface area contributed by atoms with E-state index >= 15 is 0 Å². The summed E-state index contributed by atoms with van der Waals surface area (Å²) < 4.78 is 4.66. The van der Waals surface area contributed by atoms with Gasteiger partial charge in [0.1, 0.15) is 6.04 Å². The summed E-state index contributed by atoms with van der Waals surface area (Å²) in [6.07, 6.45) is 0.527. The molecule has 0 aliphatic carbocycles. The fraction of sp³-hybridized carbons (Fsp3) is 0.385. The molecule has 1 amide bonds. The summed E-state index contributed by atoms with van der Waals surface area (Å²) in [5.74, 6) is -0.501. The van der Waals surface area contributed by atoms with E-state index in [9.17, 15) is 9.59 Å². The lowest BCUT2D eigenvalue weighted by Gasteiger charge is -2.11. The van der Waals surface area contributed by atoms with Gasteiger partial charge in [-0.05, 0) is 24.6 Å². The third kappa shape index (κ3) is 3.45. The second-order valence-corrected chi connectivity index (χ2v) is 4.84. The molecule has 1 heterocycles. The van der Waals surface area contributed by atoms with E-state index in [-0.39, 0.29) is 24.0 Å². The number of carbonyl (C=O) groups is 2. The van der Waals surface area contributed by atoms with E-state index < -0.39 is 0 Å². The van der Waals surface area contributed by atoms with Gasteiger partial charge in [-0.15, -0.1) is 0 Å². The number of carbonyl (C=O) groups excluding carboxylic acids is 2. The van der Waals surface area contributed by atoms with Crippen LogP contribution in [0.15, 0.2) is 24.3 Å². The Kier molecular flexibility index (Phi) is 4.39. The van der Waals surface area contributed by atoms with Crippen LogP contribution in [0.5, 0.6) is 0 Å². The second-order valence-electron chi connectivity index (χ2n) is 4.40. The summed E-state index contributed by atoms with van der Waals surface area (Å²) in [6, 6.07) is 6.30. The van der Waals surface area contributed by atoms with Crippen LogP contribution in [0, 0.1) is 0 Å². The summed E-state index contributed by atoms with van der Waals surface area (Å²) in [7, 11) is 1.35. The van der Waals surface area contributed by atoms with Crippen molar-refractivity contribution >= 4 is 23.5 Å². The van der Waals surface area contributed by atoms with Gasteiger partial charge in [-0.1, -0.05) is 17.7 Å². The monoisotopic (exact) mass is 282 g/mol. The zero-order chi connectivity index (χ0) is 13.8. The minimum Gasteiger partial charge on any atom is -0.468 e. The molecule has 1 fully saturated rings. The van der Waals surface area contributed by atoms with E-state index in [2.05, 4.69) is 15.4 Å². The molecule has 1 aromatic rings. The molecule has 0 saturated carbocycles. The number of amides is 1. The van der Waals surface area contributed by atoms with Crippen molar-refractivity contribution in [2.75, 3.05) is 13.7 Å². The van der Waals surface area contributed by atoms with Gasteiger partial charge >= 0.3 is 5.97 Å². The molecule has 0 aromatic heterocycles. The van der Waals surface area contributed by atoms with Gasteiger partial charge in [0.15, 0.2) is 0 Å². The fourth-order valence-corrected chi connectivity index (χ4v) is 2.26. The Morgan fingerprint density at radius 3 is 2.95 bits per heavy atom. The summed E-state index contributed by atoms with van der Waals surface area (Å²) in [5.41, 5.74) is 0.508. The lowest BCUT2D eigenvalue weighted by Crippen LogP contribution is -2.36. The number of rotatable bonds is 3. The van der Waals surface area contributed by atoms with E-state index in [4.69, 9.17) is 11.6 Å². The molecule has 102 valence electrons. The van der Waals surface area contributed by atoms with Crippen molar-refractivity contribution in [3.8, 4) is 0 Å². The molecular formula is C13H15ClN2O3. The molecule has 1 aliphatic heterocycles.